The first kappa shape index (κ1) is 14.1. The van der Waals surface area contributed by atoms with Crippen LogP contribution in [-0.2, 0) is 9.59 Å². The fourth-order valence-electron chi connectivity index (χ4n) is 4.28. The molecule has 4 heteroatoms. The summed E-state index contributed by atoms with van der Waals surface area (Å²) in [6, 6.07) is 0.595. The number of piperidine rings is 2. The van der Waals surface area contributed by atoms with Crippen molar-refractivity contribution in [3.8, 4) is 0 Å². The van der Waals surface area contributed by atoms with Crippen molar-refractivity contribution in [1.82, 2.24) is 10.2 Å². The second kappa shape index (κ2) is 5.47. The number of amides is 2. The molecule has 20 heavy (non-hydrogen) atoms. The van der Waals surface area contributed by atoms with Crippen molar-refractivity contribution in [2.45, 2.75) is 76.8 Å². The van der Waals surface area contributed by atoms with Gasteiger partial charge in [-0.1, -0.05) is 19.3 Å². The number of rotatable bonds is 1. The van der Waals surface area contributed by atoms with Gasteiger partial charge in [-0.3, -0.25) is 14.5 Å². The average Bonchev–Trinajstić information content (AvgIpc) is 2.41. The summed E-state index contributed by atoms with van der Waals surface area (Å²) in [5.74, 6) is 0.175. The molecule has 1 aliphatic carbocycles. The van der Waals surface area contributed by atoms with E-state index in [0.29, 0.717) is 18.9 Å². The highest BCUT2D eigenvalue weighted by Gasteiger charge is 2.46. The Labute approximate surface area is 121 Å². The van der Waals surface area contributed by atoms with Crippen LogP contribution in [0, 0.1) is 5.41 Å². The molecule has 0 aromatic rings. The van der Waals surface area contributed by atoms with Crippen LogP contribution in [0.1, 0.15) is 64.7 Å². The van der Waals surface area contributed by atoms with Gasteiger partial charge >= 0.3 is 0 Å². The molecule has 2 atom stereocenters. The number of nitrogens with zero attached hydrogens (tertiary/aromatic N) is 1. The third-order valence-electron chi connectivity index (χ3n) is 5.50. The number of likely N-dealkylation sites (tertiary alicyclic amines) is 1. The molecular weight excluding hydrogens is 252 g/mol. The molecule has 4 nitrogen and oxygen atoms in total. The van der Waals surface area contributed by atoms with Crippen LogP contribution in [0.4, 0.5) is 0 Å². The summed E-state index contributed by atoms with van der Waals surface area (Å²) in [6.45, 7) is 2.93. The zero-order chi connectivity index (χ0) is 14.2. The maximum Gasteiger partial charge on any atom is 0.230 e. The highest BCUT2D eigenvalue weighted by atomic mass is 16.2. The summed E-state index contributed by atoms with van der Waals surface area (Å²) in [5, 5.41) is 3.40. The van der Waals surface area contributed by atoms with Gasteiger partial charge < -0.3 is 5.32 Å². The normalized spacial score (nSPS) is 34.5. The van der Waals surface area contributed by atoms with Gasteiger partial charge in [0.05, 0.1) is 6.04 Å². The van der Waals surface area contributed by atoms with E-state index in [2.05, 4.69) is 12.2 Å². The Morgan fingerprint density at radius 3 is 2.25 bits per heavy atom. The highest BCUT2D eigenvalue weighted by molar-refractivity contribution is 5.99. The van der Waals surface area contributed by atoms with Crippen LogP contribution in [0.2, 0.25) is 0 Å². The van der Waals surface area contributed by atoms with Crippen molar-refractivity contribution in [2.75, 3.05) is 6.54 Å². The molecule has 3 aliphatic rings. The van der Waals surface area contributed by atoms with E-state index in [1.165, 1.54) is 19.3 Å². The summed E-state index contributed by atoms with van der Waals surface area (Å²) >= 11 is 0. The maximum atomic E-state index is 12.5. The van der Waals surface area contributed by atoms with Gasteiger partial charge in [-0.2, -0.15) is 0 Å². The zero-order valence-electron chi connectivity index (χ0n) is 12.5. The van der Waals surface area contributed by atoms with Gasteiger partial charge in [-0.05, 0) is 38.0 Å². The van der Waals surface area contributed by atoms with Crippen LogP contribution in [0.5, 0.6) is 0 Å². The van der Waals surface area contributed by atoms with E-state index >= 15 is 0 Å². The van der Waals surface area contributed by atoms with Crippen LogP contribution in [-0.4, -0.2) is 35.3 Å². The minimum atomic E-state index is 0.0122. The summed E-state index contributed by atoms with van der Waals surface area (Å²) in [7, 11) is 0. The molecule has 3 rings (SSSR count). The molecule has 2 unspecified atom stereocenters. The second-order valence-corrected chi connectivity index (χ2v) is 7.11. The van der Waals surface area contributed by atoms with Gasteiger partial charge in [-0.25, -0.2) is 0 Å². The van der Waals surface area contributed by atoms with Gasteiger partial charge in [0.1, 0.15) is 0 Å². The van der Waals surface area contributed by atoms with E-state index in [-0.39, 0.29) is 23.3 Å². The minimum absolute atomic E-state index is 0.0122. The molecule has 2 saturated heterocycles. The summed E-state index contributed by atoms with van der Waals surface area (Å²) < 4.78 is 0. The lowest BCUT2D eigenvalue weighted by atomic mass is 9.67. The number of carbonyl (C=O) groups is 2. The minimum Gasteiger partial charge on any atom is -0.312 e. The maximum absolute atomic E-state index is 12.5. The molecule has 1 N–H and O–H groups in total. The molecule has 0 bridgehead atoms. The van der Waals surface area contributed by atoms with Crippen LogP contribution in [0.25, 0.3) is 0 Å². The number of carbonyl (C=O) groups excluding carboxylic acids is 2. The quantitative estimate of drug-likeness (QED) is 0.748. The number of nitrogens with one attached hydrogen (secondary N) is 1. The van der Waals surface area contributed by atoms with Gasteiger partial charge in [-0.15, -0.1) is 0 Å². The van der Waals surface area contributed by atoms with E-state index in [1.807, 2.05) is 0 Å². The zero-order valence-corrected chi connectivity index (χ0v) is 12.5. The van der Waals surface area contributed by atoms with Crippen molar-refractivity contribution in [3.63, 3.8) is 0 Å². The standard InChI is InChI=1S/C16H26N2O2/c1-12-5-6-13(11-17-12)18-14(19)9-16(10-15(18)20)7-3-2-4-8-16/h12-13,17H,2-11H2,1H3. The average molecular weight is 278 g/mol. The Kier molecular flexibility index (Phi) is 3.85. The number of hydrogen-bond donors (Lipinski definition) is 1. The molecule has 112 valence electrons. The molecule has 1 saturated carbocycles. The summed E-state index contributed by atoms with van der Waals surface area (Å²) in [5.41, 5.74) is 0.0122. The molecule has 0 aromatic carbocycles. The van der Waals surface area contributed by atoms with E-state index in [4.69, 9.17) is 0 Å². The van der Waals surface area contributed by atoms with Crippen molar-refractivity contribution < 1.29 is 9.59 Å². The number of imide groups is 1. The van der Waals surface area contributed by atoms with Crippen LogP contribution < -0.4 is 5.32 Å². The van der Waals surface area contributed by atoms with E-state index in [9.17, 15) is 9.59 Å². The Balaban J connectivity index is 1.69. The van der Waals surface area contributed by atoms with Crippen LogP contribution in [0.15, 0.2) is 0 Å². The van der Waals surface area contributed by atoms with E-state index in [1.54, 1.807) is 4.90 Å². The monoisotopic (exact) mass is 278 g/mol. The predicted octanol–water partition coefficient (Wildman–Crippen LogP) is 2.23. The second-order valence-electron chi connectivity index (χ2n) is 7.11. The molecule has 2 aliphatic heterocycles. The molecule has 0 aromatic heterocycles. The van der Waals surface area contributed by atoms with Crippen molar-refractivity contribution in [2.24, 2.45) is 5.41 Å². The van der Waals surface area contributed by atoms with Gasteiger partial charge in [0.2, 0.25) is 11.8 Å². The largest absolute Gasteiger partial charge is 0.312 e. The Morgan fingerprint density at radius 1 is 1.05 bits per heavy atom. The Morgan fingerprint density at radius 2 is 1.70 bits per heavy atom. The van der Waals surface area contributed by atoms with Crippen LogP contribution in [0.3, 0.4) is 0 Å². The van der Waals surface area contributed by atoms with E-state index < -0.39 is 0 Å². The number of hydrogen-bond acceptors (Lipinski definition) is 3. The Hall–Kier alpha value is -0.900. The van der Waals surface area contributed by atoms with Crippen molar-refractivity contribution >= 4 is 11.8 Å². The smallest absolute Gasteiger partial charge is 0.230 e. The summed E-state index contributed by atoms with van der Waals surface area (Å²) in [6.07, 6.45) is 8.97. The van der Waals surface area contributed by atoms with E-state index in [0.717, 1.165) is 32.2 Å². The molecule has 1 spiro atoms. The van der Waals surface area contributed by atoms with Gasteiger partial charge in [0, 0.05) is 25.4 Å². The topological polar surface area (TPSA) is 49.4 Å². The molecule has 2 amide bonds. The first-order valence-electron chi connectivity index (χ1n) is 8.18. The van der Waals surface area contributed by atoms with Gasteiger partial charge in [0.15, 0.2) is 0 Å². The lowest BCUT2D eigenvalue weighted by Crippen LogP contribution is -2.57. The van der Waals surface area contributed by atoms with Gasteiger partial charge in [0.25, 0.3) is 0 Å². The fourth-order valence-corrected chi connectivity index (χ4v) is 4.28. The van der Waals surface area contributed by atoms with Crippen LogP contribution >= 0.6 is 0 Å². The molecular formula is C16H26N2O2. The molecule has 0 radical (unpaired) electrons. The van der Waals surface area contributed by atoms with Crippen molar-refractivity contribution in [3.05, 3.63) is 0 Å². The molecule has 3 fully saturated rings. The third kappa shape index (κ3) is 2.62. The first-order chi connectivity index (χ1) is 9.60. The fraction of sp³-hybridized carbons (Fsp3) is 0.875. The Bertz CT molecular complexity index is 373. The summed E-state index contributed by atoms with van der Waals surface area (Å²) in [4.78, 5) is 26.7. The SMILES string of the molecule is CC1CCC(N2C(=O)CC3(CCCCC3)CC2=O)CN1. The lowest BCUT2D eigenvalue weighted by molar-refractivity contribution is -0.158. The highest BCUT2D eigenvalue weighted by Crippen LogP contribution is 2.45. The third-order valence-corrected chi connectivity index (χ3v) is 5.50. The first-order valence-corrected chi connectivity index (χ1v) is 8.18. The predicted molar refractivity (Wildman–Crippen MR) is 77.1 cm³/mol. The lowest BCUT2D eigenvalue weighted by Gasteiger charge is -2.45. The van der Waals surface area contributed by atoms with Crippen molar-refractivity contribution in [1.29, 1.82) is 0 Å². The molecule has 2 heterocycles.